The maximum absolute atomic E-state index is 4.04. The van der Waals surface area contributed by atoms with Gasteiger partial charge in [-0.2, -0.15) is 0 Å². The summed E-state index contributed by atoms with van der Waals surface area (Å²) in [6, 6.07) is 8.80. The molecule has 1 fully saturated rings. The van der Waals surface area contributed by atoms with Crippen molar-refractivity contribution in [3.63, 3.8) is 0 Å². The van der Waals surface area contributed by atoms with Gasteiger partial charge in [-0.15, -0.1) is 5.10 Å². The molecule has 0 saturated carbocycles. The van der Waals surface area contributed by atoms with Crippen molar-refractivity contribution in [2.75, 3.05) is 18.4 Å². The average Bonchev–Trinajstić information content (AvgIpc) is 2.93. The Hall–Kier alpha value is -1.95. The highest BCUT2D eigenvalue weighted by atomic mass is 15.5. The second-order valence-electron chi connectivity index (χ2n) is 5.23. The van der Waals surface area contributed by atoms with Crippen LogP contribution in [0.1, 0.15) is 19.3 Å². The molecule has 2 aromatic rings. The summed E-state index contributed by atoms with van der Waals surface area (Å²) in [5, 5.41) is 18.6. The van der Waals surface area contributed by atoms with Crippen LogP contribution >= 0.6 is 0 Å². The van der Waals surface area contributed by atoms with Gasteiger partial charge in [-0.1, -0.05) is 18.6 Å². The maximum atomic E-state index is 4.04. The molecule has 1 saturated heterocycles. The molecular weight excluding hydrogens is 252 g/mol. The van der Waals surface area contributed by atoms with E-state index >= 15 is 0 Å². The lowest BCUT2D eigenvalue weighted by Gasteiger charge is -2.24. The van der Waals surface area contributed by atoms with E-state index in [0.717, 1.165) is 30.2 Å². The fraction of sp³-hybridized carbons (Fsp3) is 0.500. The number of benzene rings is 1. The Labute approximate surface area is 118 Å². The number of aromatic nitrogens is 4. The molecule has 3 rings (SSSR count). The van der Waals surface area contributed by atoms with Crippen LogP contribution in [0, 0.1) is 0 Å². The molecule has 2 heterocycles. The van der Waals surface area contributed by atoms with Crippen LogP contribution in [0.3, 0.4) is 0 Å². The van der Waals surface area contributed by atoms with Gasteiger partial charge in [0.2, 0.25) is 0 Å². The molecule has 1 aromatic heterocycles. The first kappa shape index (κ1) is 13.1. The fourth-order valence-electron chi connectivity index (χ4n) is 2.58. The Balaban J connectivity index is 1.67. The van der Waals surface area contributed by atoms with E-state index in [9.17, 15) is 0 Å². The zero-order valence-corrected chi connectivity index (χ0v) is 11.7. The number of rotatable bonds is 4. The number of hydrogen-bond donors (Lipinski definition) is 2. The van der Waals surface area contributed by atoms with Gasteiger partial charge in [-0.05, 0) is 41.9 Å². The molecule has 1 aliphatic rings. The molecular formula is C14H20N6. The van der Waals surface area contributed by atoms with Crippen LogP contribution in [0.25, 0.3) is 11.4 Å². The van der Waals surface area contributed by atoms with E-state index in [1.807, 2.05) is 19.2 Å². The van der Waals surface area contributed by atoms with Gasteiger partial charge in [0.25, 0.3) is 0 Å². The Morgan fingerprint density at radius 2 is 2.35 bits per heavy atom. The molecule has 6 nitrogen and oxygen atoms in total. The van der Waals surface area contributed by atoms with Crippen LogP contribution in [0.4, 0.5) is 5.69 Å². The van der Waals surface area contributed by atoms with Crippen LogP contribution in [-0.4, -0.2) is 39.3 Å². The smallest absolute Gasteiger partial charge is 0.181 e. The number of tetrazole rings is 1. The fourth-order valence-corrected chi connectivity index (χ4v) is 2.58. The molecule has 0 aliphatic carbocycles. The van der Waals surface area contributed by atoms with Crippen LogP contribution in [0.5, 0.6) is 0 Å². The largest absolute Gasteiger partial charge is 0.383 e. The van der Waals surface area contributed by atoms with E-state index in [2.05, 4.69) is 38.3 Å². The zero-order chi connectivity index (χ0) is 13.8. The third kappa shape index (κ3) is 2.96. The van der Waals surface area contributed by atoms with E-state index in [-0.39, 0.29) is 0 Å². The topological polar surface area (TPSA) is 67.7 Å². The Morgan fingerprint density at radius 1 is 1.40 bits per heavy atom. The minimum absolute atomic E-state index is 0.573. The summed E-state index contributed by atoms with van der Waals surface area (Å²) in [5.74, 6) is 0.782. The van der Waals surface area contributed by atoms with Crippen molar-refractivity contribution in [1.29, 1.82) is 0 Å². The monoisotopic (exact) mass is 272 g/mol. The molecule has 1 aliphatic heterocycles. The quantitative estimate of drug-likeness (QED) is 0.881. The van der Waals surface area contributed by atoms with Gasteiger partial charge in [0.1, 0.15) is 0 Å². The van der Waals surface area contributed by atoms with Crippen molar-refractivity contribution in [1.82, 2.24) is 25.5 Å². The normalized spacial score (nSPS) is 18.9. The second-order valence-corrected chi connectivity index (χ2v) is 5.23. The van der Waals surface area contributed by atoms with Crippen LogP contribution in [0.2, 0.25) is 0 Å². The standard InChI is InChI=1S/C14H20N6/c1-20-14(17-18-19-20)11-5-4-7-12(9-11)16-10-13-6-2-3-8-15-13/h4-5,7,9,13,15-16H,2-3,6,8,10H2,1H3. The van der Waals surface area contributed by atoms with Gasteiger partial charge < -0.3 is 10.6 Å². The first-order chi connectivity index (χ1) is 9.83. The summed E-state index contributed by atoms with van der Waals surface area (Å²) in [6.07, 6.45) is 3.87. The molecule has 0 radical (unpaired) electrons. The molecule has 1 aromatic carbocycles. The third-order valence-corrected chi connectivity index (χ3v) is 3.71. The van der Waals surface area contributed by atoms with Gasteiger partial charge in [0.05, 0.1) is 0 Å². The molecule has 2 N–H and O–H groups in total. The predicted octanol–water partition coefficient (Wildman–Crippen LogP) is 1.43. The van der Waals surface area contributed by atoms with Crippen molar-refractivity contribution in [3.05, 3.63) is 24.3 Å². The maximum Gasteiger partial charge on any atom is 0.181 e. The number of nitrogens with zero attached hydrogens (tertiary/aromatic N) is 4. The van der Waals surface area contributed by atoms with Crippen molar-refractivity contribution >= 4 is 5.69 Å². The number of hydrogen-bond acceptors (Lipinski definition) is 5. The van der Waals surface area contributed by atoms with Crippen molar-refractivity contribution in [2.45, 2.75) is 25.3 Å². The number of aryl methyl sites for hydroxylation is 1. The van der Waals surface area contributed by atoms with Gasteiger partial charge in [0.15, 0.2) is 5.82 Å². The number of anilines is 1. The third-order valence-electron chi connectivity index (χ3n) is 3.71. The van der Waals surface area contributed by atoms with Gasteiger partial charge in [0, 0.05) is 30.9 Å². The second kappa shape index (κ2) is 6.00. The first-order valence-electron chi connectivity index (χ1n) is 7.13. The molecule has 0 bridgehead atoms. The van der Waals surface area contributed by atoms with Crippen molar-refractivity contribution in [2.24, 2.45) is 7.05 Å². The lowest BCUT2D eigenvalue weighted by molar-refractivity contribution is 0.414. The minimum atomic E-state index is 0.573. The van der Waals surface area contributed by atoms with Gasteiger partial charge >= 0.3 is 0 Å². The molecule has 0 spiro atoms. The Morgan fingerprint density at radius 3 is 3.10 bits per heavy atom. The van der Waals surface area contributed by atoms with E-state index in [1.165, 1.54) is 19.3 Å². The highest BCUT2D eigenvalue weighted by Crippen LogP contribution is 2.19. The molecule has 106 valence electrons. The lowest BCUT2D eigenvalue weighted by atomic mass is 10.0. The minimum Gasteiger partial charge on any atom is -0.383 e. The van der Waals surface area contributed by atoms with Crippen LogP contribution < -0.4 is 10.6 Å². The molecule has 6 heteroatoms. The summed E-state index contributed by atoms with van der Waals surface area (Å²) in [7, 11) is 1.85. The summed E-state index contributed by atoms with van der Waals surface area (Å²) < 4.78 is 1.68. The Bertz CT molecular complexity index is 558. The van der Waals surface area contributed by atoms with E-state index < -0.39 is 0 Å². The summed E-state index contributed by atoms with van der Waals surface area (Å²) in [4.78, 5) is 0. The number of piperidine rings is 1. The van der Waals surface area contributed by atoms with Crippen molar-refractivity contribution in [3.8, 4) is 11.4 Å². The van der Waals surface area contributed by atoms with Crippen LogP contribution in [0.15, 0.2) is 24.3 Å². The first-order valence-corrected chi connectivity index (χ1v) is 7.13. The predicted molar refractivity (Wildman–Crippen MR) is 78.4 cm³/mol. The highest BCUT2D eigenvalue weighted by Gasteiger charge is 2.12. The molecule has 1 atom stereocenters. The van der Waals surface area contributed by atoms with Crippen LogP contribution in [-0.2, 0) is 7.05 Å². The molecule has 20 heavy (non-hydrogen) atoms. The lowest BCUT2D eigenvalue weighted by Crippen LogP contribution is -2.39. The summed E-state index contributed by atoms with van der Waals surface area (Å²) in [5.41, 5.74) is 2.14. The van der Waals surface area contributed by atoms with Gasteiger partial charge in [-0.3, -0.25) is 0 Å². The highest BCUT2D eigenvalue weighted by molar-refractivity contribution is 5.62. The average molecular weight is 272 g/mol. The van der Waals surface area contributed by atoms with E-state index in [4.69, 9.17) is 0 Å². The van der Waals surface area contributed by atoms with Gasteiger partial charge in [-0.25, -0.2) is 4.68 Å². The molecule has 1 unspecified atom stereocenters. The SMILES string of the molecule is Cn1nnnc1-c1cccc(NCC2CCCCN2)c1. The summed E-state index contributed by atoms with van der Waals surface area (Å²) >= 11 is 0. The summed E-state index contributed by atoms with van der Waals surface area (Å²) in [6.45, 7) is 2.09. The van der Waals surface area contributed by atoms with E-state index in [0.29, 0.717) is 6.04 Å². The Kier molecular flexibility index (Phi) is 3.92. The van der Waals surface area contributed by atoms with E-state index in [1.54, 1.807) is 4.68 Å². The van der Waals surface area contributed by atoms with Crippen molar-refractivity contribution < 1.29 is 0 Å². The number of nitrogens with one attached hydrogen (secondary N) is 2. The zero-order valence-electron chi connectivity index (χ0n) is 11.7. The molecule has 0 amide bonds.